The Morgan fingerprint density at radius 2 is 1.81 bits per heavy atom. The number of piperazine rings is 1. The highest BCUT2D eigenvalue weighted by molar-refractivity contribution is 5.37. The molecule has 0 aromatic heterocycles. The molecule has 0 spiro atoms. The van der Waals surface area contributed by atoms with Crippen molar-refractivity contribution in [3.05, 3.63) is 77.9 Å². The van der Waals surface area contributed by atoms with Crippen LogP contribution in [0.1, 0.15) is 36.6 Å². The highest BCUT2D eigenvalue weighted by atomic mass is 16.3. The summed E-state index contributed by atoms with van der Waals surface area (Å²) in [5.74, 6) is 0.325. The van der Waals surface area contributed by atoms with Gasteiger partial charge in [-0.25, -0.2) is 0 Å². The Balaban J connectivity index is 1.98. The van der Waals surface area contributed by atoms with Crippen molar-refractivity contribution < 1.29 is 5.11 Å². The first-order valence-corrected chi connectivity index (χ1v) is 9.45. The summed E-state index contributed by atoms with van der Waals surface area (Å²) in [6.45, 7) is 13.5. The van der Waals surface area contributed by atoms with Gasteiger partial charge >= 0.3 is 0 Å². The highest BCUT2D eigenvalue weighted by Gasteiger charge is 2.34. The zero-order valence-electron chi connectivity index (χ0n) is 16.1. The lowest BCUT2D eigenvalue weighted by atomic mass is 9.93. The predicted octanol–water partition coefficient (Wildman–Crippen LogP) is 4.37. The van der Waals surface area contributed by atoms with Gasteiger partial charge in [0.25, 0.3) is 0 Å². The summed E-state index contributed by atoms with van der Waals surface area (Å²) in [6.07, 6.45) is 1.99. The molecule has 0 bridgehead atoms. The van der Waals surface area contributed by atoms with E-state index in [1.165, 1.54) is 11.1 Å². The topological polar surface area (TPSA) is 26.7 Å². The fourth-order valence-corrected chi connectivity index (χ4v) is 4.02. The molecule has 2 aromatic rings. The number of aryl methyl sites for hydroxylation is 1. The third-order valence-electron chi connectivity index (χ3n) is 5.44. The van der Waals surface area contributed by atoms with Crippen molar-refractivity contribution in [2.75, 3.05) is 19.6 Å². The summed E-state index contributed by atoms with van der Waals surface area (Å²) in [7, 11) is 0. The van der Waals surface area contributed by atoms with Gasteiger partial charge < -0.3 is 5.11 Å². The molecule has 1 fully saturated rings. The Kier molecular flexibility index (Phi) is 5.80. The van der Waals surface area contributed by atoms with Gasteiger partial charge in [-0.15, -0.1) is 6.58 Å². The zero-order chi connectivity index (χ0) is 18.7. The van der Waals surface area contributed by atoms with Gasteiger partial charge in [0.15, 0.2) is 0 Å². The first-order chi connectivity index (χ1) is 12.5. The van der Waals surface area contributed by atoms with Crippen LogP contribution in [0.4, 0.5) is 0 Å². The first-order valence-electron chi connectivity index (χ1n) is 9.45. The molecule has 2 aromatic carbocycles. The van der Waals surface area contributed by atoms with Gasteiger partial charge in [-0.1, -0.05) is 48.0 Å². The van der Waals surface area contributed by atoms with Crippen LogP contribution in [0.2, 0.25) is 0 Å². The molecular formula is C23H30N2O. The molecule has 3 rings (SSSR count). The molecule has 0 aliphatic carbocycles. The predicted molar refractivity (Wildman–Crippen MR) is 109 cm³/mol. The van der Waals surface area contributed by atoms with E-state index in [4.69, 9.17) is 0 Å². The second-order valence-electron chi connectivity index (χ2n) is 7.55. The van der Waals surface area contributed by atoms with Crippen molar-refractivity contribution in [2.45, 2.75) is 38.9 Å². The van der Waals surface area contributed by atoms with Crippen LogP contribution in [0.15, 0.2) is 61.2 Å². The van der Waals surface area contributed by atoms with Crippen LogP contribution in [0, 0.1) is 6.92 Å². The molecule has 3 heteroatoms. The van der Waals surface area contributed by atoms with E-state index in [1.807, 2.05) is 18.2 Å². The van der Waals surface area contributed by atoms with Crippen molar-refractivity contribution in [1.29, 1.82) is 0 Å². The lowest BCUT2D eigenvalue weighted by Crippen LogP contribution is -2.57. The molecule has 138 valence electrons. The Morgan fingerprint density at radius 3 is 2.46 bits per heavy atom. The number of phenolic OH excluding ortho intramolecular Hbond substituents is 1. The van der Waals surface area contributed by atoms with Gasteiger partial charge in [-0.05, 0) is 44.0 Å². The maximum absolute atomic E-state index is 10.0. The monoisotopic (exact) mass is 350 g/mol. The van der Waals surface area contributed by atoms with Gasteiger partial charge in [0.05, 0.1) is 6.04 Å². The summed E-state index contributed by atoms with van der Waals surface area (Å²) in [4.78, 5) is 5.06. The molecule has 1 aliphatic rings. The Hall–Kier alpha value is -2.10. The van der Waals surface area contributed by atoms with Crippen molar-refractivity contribution >= 4 is 0 Å². The highest BCUT2D eigenvalue weighted by Crippen LogP contribution is 2.34. The van der Waals surface area contributed by atoms with E-state index in [0.29, 0.717) is 17.8 Å². The van der Waals surface area contributed by atoms with Crippen molar-refractivity contribution in [1.82, 2.24) is 9.80 Å². The van der Waals surface area contributed by atoms with Crippen molar-refractivity contribution in [3.8, 4) is 5.75 Å². The third-order valence-corrected chi connectivity index (χ3v) is 5.44. The first kappa shape index (κ1) is 18.7. The van der Waals surface area contributed by atoms with Gasteiger partial charge in [0, 0.05) is 31.7 Å². The van der Waals surface area contributed by atoms with E-state index < -0.39 is 0 Å². The van der Waals surface area contributed by atoms with Crippen LogP contribution in [-0.4, -0.2) is 46.6 Å². The Morgan fingerprint density at radius 1 is 1.08 bits per heavy atom. The lowest BCUT2D eigenvalue weighted by molar-refractivity contribution is 0.0306. The molecule has 3 atom stereocenters. The largest absolute Gasteiger partial charge is 0.508 e. The molecule has 0 radical (unpaired) electrons. The van der Waals surface area contributed by atoms with E-state index in [-0.39, 0.29) is 6.04 Å². The van der Waals surface area contributed by atoms with Crippen LogP contribution >= 0.6 is 0 Å². The minimum Gasteiger partial charge on any atom is -0.508 e. The van der Waals surface area contributed by atoms with E-state index in [1.54, 1.807) is 6.07 Å². The molecule has 26 heavy (non-hydrogen) atoms. The van der Waals surface area contributed by atoms with E-state index in [2.05, 4.69) is 67.5 Å². The van der Waals surface area contributed by atoms with Gasteiger partial charge in [-0.2, -0.15) is 0 Å². The normalized spacial score (nSPS) is 22.9. The van der Waals surface area contributed by atoms with Gasteiger partial charge in [-0.3, -0.25) is 9.80 Å². The SMILES string of the molecule is C=CCN1C[C@@H](C)N(C(c2ccc(C)cc2)c2cccc(O)c2)C[C@@H]1C. The van der Waals surface area contributed by atoms with Crippen LogP contribution in [0.3, 0.4) is 0 Å². The lowest BCUT2D eigenvalue weighted by Gasteiger charge is -2.47. The van der Waals surface area contributed by atoms with E-state index >= 15 is 0 Å². The van der Waals surface area contributed by atoms with E-state index in [0.717, 1.165) is 25.2 Å². The number of aromatic hydroxyl groups is 1. The van der Waals surface area contributed by atoms with Crippen LogP contribution in [0.25, 0.3) is 0 Å². The zero-order valence-corrected chi connectivity index (χ0v) is 16.1. The smallest absolute Gasteiger partial charge is 0.115 e. The van der Waals surface area contributed by atoms with Crippen LogP contribution in [-0.2, 0) is 0 Å². The minimum atomic E-state index is 0.144. The second kappa shape index (κ2) is 8.07. The third kappa shape index (κ3) is 4.00. The van der Waals surface area contributed by atoms with Crippen molar-refractivity contribution in [3.63, 3.8) is 0 Å². The molecule has 1 heterocycles. The summed E-state index contributed by atoms with van der Waals surface area (Å²) >= 11 is 0. The molecule has 1 N–H and O–H groups in total. The van der Waals surface area contributed by atoms with Crippen molar-refractivity contribution in [2.24, 2.45) is 0 Å². The van der Waals surface area contributed by atoms with Gasteiger partial charge in [0.2, 0.25) is 0 Å². The number of hydrogen-bond acceptors (Lipinski definition) is 3. The number of hydrogen-bond donors (Lipinski definition) is 1. The van der Waals surface area contributed by atoms with Crippen LogP contribution in [0.5, 0.6) is 5.75 Å². The van der Waals surface area contributed by atoms with E-state index in [9.17, 15) is 5.11 Å². The fraction of sp³-hybridized carbons (Fsp3) is 0.391. The van der Waals surface area contributed by atoms with Gasteiger partial charge in [0.1, 0.15) is 5.75 Å². The summed E-state index contributed by atoms with van der Waals surface area (Å²) in [5, 5.41) is 10.0. The quantitative estimate of drug-likeness (QED) is 0.811. The molecule has 0 saturated carbocycles. The molecule has 1 aliphatic heterocycles. The summed E-state index contributed by atoms with van der Waals surface area (Å²) in [6, 6.07) is 17.5. The summed E-state index contributed by atoms with van der Waals surface area (Å²) in [5.41, 5.74) is 3.68. The Labute approximate surface area is 157 Å². The number of rotatable bonds is 5. The molecule has 1 unspecified atom stereocenters. The maximum atomic E-state index is 10.0. The number of benzene rings is 2. The average Bonchev–Trinajstić information content (AvgIpc) is 2.61. The fourth-order valence-electron chi connectivity index (χ4n) is 4.02. The number of phenols is 1. The molecule has 1 saturated heterocycles. The molecular weight excluding hydrogens is 320 g/mol. The standard InChI is InChI=1S/C23H30N2O/c1-5-13-24-15-19(4)25(16-18(24)3)23(20-11-9-17(2)10-12-20)21-7-6-8-22(26)14-21/h5-12,14,18-19,23,26H,1,13,15-16H2,2-4H3/t18-,19+,23?/m0/s1. The molecule has 0 amide bonds. The Bertz CT molecular complexity index is 740. The summed E-state index contributed by atoms with van der Waals surface area (Å²) < 4.78 is 0. The minimum absolute atomic E-state index is 0.144. The molecule has 3 nitrogen and oxygen atoms in total. The average molecular weight is 351 g/mol. The maximum Gasteiger partial charge on any atom is 0.115 e. The second-order valence-corrected chi connectivity index (χ2v) is 7.55. The number of nitrogens with zero attached hydrogens (tertiary/aromatic N) is 2. The van der Waals surface area contributed by atoms with Crippen LogP contribution < -0.4 is 0 Å².